The zero-order valence-electron chi connectivity index (χ0n) is 25.5. The van der Waals surface area contributed by atoms with Crippen LogP contribution in [0.3, 0.4) is 0 Å². The molecule has 1 radical (unpaired) electrons. The summed E-state index contributed by atoms with van der Waals surface area (Å²) in [5, 5.41) is 1.77. The van der Waals surface area contributed by atoms with Crippen LogP contribution in [0.15, 0.2) is 30.3 Å². The van der Waals surface area contributed by atoms with E-state index in [2.05, 4.69) is 30.3 Å². The summed E-state index contributed by atoms with van der Waals surface area (Å²) in [5.41, 5.74) is 4.55. The topological polar surface area (TPSA) is 0 Å². The predicted molar refractivity (Wildman–Crippen MR) is 182 cm³/mol. The van der Waals surface area contributed by atoms with Crippen molar-refractivity contribution < 1.29 is 0 Å². The Balaban J connectivity index is 1.18. The van der Waals surface area contributed by atoms with Gasteiger partial charge in [0.1, 0.15) is 0 Å². The zero-order valence-corrected chi connectivity index (χ0v) is 28.3. The number of hydrogen-bond acceptors (Lipinski definition) is 0. The van der Waals surface area contributed by atoms with Gasteiger partial charge < -0.3 is 0 Å². The van der Waals surface area contributed by atoms with Gasteiger partial charge in [-0.25, -0.2) is 0 Å². The van der Waals surface area contributed by atoms with E-state index in [1.165, 1.54) is 25.7 Å². The van der Waals surface area contributed by atoms with Crippen molar-refractivity contribution in [2.24, 2.45) is 0 Å². The second-order valence-electron chi connectivity index (χ2n) is 13.8. The predicted octanol–water partition coefficient (Wildman–Crippen LogP) is 11.5. The van der Waals surface area contributed by atoms with Gasteiger partial charge in [0.05, 0.1) is 8.80 Å². The summed E-state index contributed by atoms with van der Waals surface area (Å²) < 4.78 is 0. The summed E-state index contributed by atoms with van der Waals surface area (Å²) in [5.74, 6) is 0. The third-order valence-corrected chi connectivity index (χ3v) is 21.7. The van der Waals surface area contributed by atoms with Crippen LogP contribution in [-0.2, 0) is 0 Å². The van der Waals surface area contributed by atoms with E-state index in [9.17, 15) is 0 Å². The smallest absolute Gasteiger partial charge is 0.0856 e. The van der Waals surface area contributed by atoms with Gasteiger partial charge in [-0.3, -0.25) is 0 Å². The van der Waals surface area contributed by atoms with E-state index in [1.54, 1.807) is 145 Å². The van der Waals surface area contributed by atoms with Gasteiger partial charge in [0, 0.05) is 0 Å². The van der Waals surface area contributed by atoms with E-state index < -0.39 is 8.80 Å². The zero-order chi connectivity index (χ0) is 26.5. The highest BCUT2D eigenvalue weighted by atomic mass is 31.1. The molecule has 4 saturated carbocycles. The molecule has 0 saturated heterocycles. The highest BCUT2D eigenvalue weighted by Crippen LogP contribution is 2.57. The van der Waals surface area contributed by atoms with Crippen LogP contribution in [0.25, 0.3) is 0 Å². The second-order valence-corrected chi connectivity index (χ2v) is 22.5. The first-order valence-corrected chi connectivity index (χ1v) is 23.0. The summed E-state index contributed by atoms with van der Waals surface area (Å²) >= 11 is 0. The average Bonchev–Trinajstić information content (AvgIpc) is 3.02. The SMILES string of the molecule is c1ccc([Si](CCCP(C2CCCCC2)C2CCCCC2)CCCP(C2CCCCC2)C2CCCCC2)cc1. The second kappa shape index (κ2) is 17.4. The van der Waals surface area contributed by atoms with Crippen molar-refractivity contribution in [3.63, 3.8) is 0 Å². The van der Waals surface area contributed by atoms with Gasteiger partial charge in [-0.15, -0.1) is 15.8 Å². The van der Waals surface area contributed by atoms with Gasteiger partial charge in [0.15, 0.2) is 0 Å². The molecule has 0 bridgehead atoms. The van der Waals surface area contributed by atoms with Crippen LogP contribution < -0.4 is 5.19 Å². The molecule has 0 atom stereocenters. The molecule has 219 valence electrons. The third-order valence-electron chi connectivity index (χ3n) is 11.1. The van der Waals surface area contributed by atoms with E-state index in [-0.39, 0.29) is 15.8 Å². The lowest BCUT2D eigenvalue weighted by Gasteiger charge is -2.39. The average molecular weight is 584 g/mol. The van der Waals surface area contributed by atoms with Crippen LogP contribution in [0.5, 0.6) is 0 Å². The van der Waals surface area contributed by atoms with Crippen LogP contribution in [0.2, 0.25) is 12.1 Å². The molecule has 0 nitrogen and oxygen atoms in total. The quantitative estimate of drug-likeness (QED) is 0.160. The first-order chi connectivity index (χ1) is 19.4. The molecule has 0 spiro atoms. The molecular weight excluding hydrogens is 522 g/mol. The fraction of sp³-hybridized carbons (Fsp3) is 0.833. The van der Waals surface area contributed by atoms with Crippen LogP contribution in [0, 0.1) is 0 Å². The maximum absolute atomic E-state index is 2.52. The third kappa shape index (κ3) is 9.65. The Morgan fingerprint density at radius 1 is 0.462 bits per heavy atom. The van der Waals surface area contributed by atoms with E-state index in [1.807, 2.05) is 0 Å². The molecule has 1 aromatic carbocycles. The highest BCUT2D eigenvalue weighted by Gasteiger charge is 2.32. The Kier molecular flexibility index (Phi) is 13.7. The normalized spacial score (nSPS) is 23.3. The molecule has 5 rings (SSSR count). The van der Waals surface area contributed by atoms with Gasteiger partial charge in [0.2, 0.25) is 0 Å². The molecule has 4 aliphatic carbocycles. The molecular formula is C36H61P2Si. The molecule has 0 N–H and O–H groups in total. The molecule has 4 aliphatic rings. The van der Waals surface area contributed by atoms with E-state index >= 15 is 0 Å². The Hall–Kier alpha value is 0.297. The molecule has 0 aromatic heterocycles. The van der Waals surface area contributed by atoms with Gasteiger partial charge in [-0.2, -0.15) is 0 Å². The van der Waals surface area contributed by atoms with Crippen molar-refractivity contribution >= 4 is 29.8 Å². The van der Waals surface area contributed by atoms with Crippen LogP contribution >= 0.6 is 15.8 Å². The first kappa shape index (κ1) is 30.7. The largest absolute Gasteiger partial charge is 0.100 e. The molecule has 39 heavy (non-hydrogen) atoms. The Morgan fingerprint density at radius 3 is 1.13 bits per heavy atom. The minimum absolute atomic E-state index is 0.282. The lowest BCUT2D eigenvalue weighted by molar-refractivity contribution is 0.484. The molecule has 3 heteroatoms. The van der Waals surface area contributed by atoms with Crippen LogP contribution in [0.1, 0.15) is 141 Å². The van der Waals surface area contributed by atoms with Crippen molar-refractivity contribution in [3.05, 3.63) is 30.3 Å². The summed E-state index contributed by atoms with van der Waals surface area (Å²) in [6, 6.07) is 15.1. The maximum atomic E-state index is 2.52. The molecule has 0 aliphatic heterocycles. The monoisotopic (exact) mass is 583 g/mol. The fourth-order valence-electron chi connectivity index (χ4n) is 9.01. The minimum Gasteiger partial charge on any atom is -0.100 e. The molecule has 4 fully saturated rings. The lowest BCUT2D eigenvalue weighted by Crippen LogP contribution is -2.31. The van der Waals surface area contributed by atoms with Gasteiger partial charge >= 0.3 is 0 Å². The van der Waals surface area contributed by atoms with Gasteiger partial charge in [0.25, 0.3) is 0 Å². The van der Waals surface area contributed by atoms with Crippen LogP contribution in [0.4, 0.5) is 0 Å². The Bertz CT molecular complexity index is 678. The molecule has 0 heterocycles. The highest BCUT2D eigenvalue weighted by molar-refractivity contribution is 7.59. The summed E-state index contributed by atoms with van der Waals surface area (Å²) in [4.78, 5) is 0. The maximum Gasteiger partial charge on any atom is 0.0856 e. The summed E-state index contributed by atoms with van der Waals surface area (Å²) in [7, 11) is 0.152. The van der Waals surface area contributed by atoms with Crippen molar-refractivity contribution in [2.45, 2.75) is 176 Å². The number of hydrogen-bond donors (Lipinski definition) is 0. The number of benzene rings is 1. The van der Waals surface area contributed by atoms with E-state index in [0.29, 0.717) is 0 Å². The molecule has 0 amide bonds. The van der Waals surface area contributed by atoms with Gasteiger partial charge in [-0.05, 0) is 86.3 Å². The first-order valence-electron chi connectivity index (χ1n) is 17.8. The fourth-order valence-corrected chi connectivity index (χ4v) is 20.1. The minimum atomic E-state index is -0.412. The van der Waals surface area contributed by atoms with Crippen molar-refractivity contribution in [3.8, 4) is 0 Å². The molecule has 0 unspecified atom stereocenters. The standard InChI is InChI=1S/C36H61P2Si/c1-6-18-32(19-7-1)37(33-20-8-2-9-21-33)28-16-30-39(36-26-14-5-15-27-36)31-17-29-38(34-22-10-3-11-23-34)35-24-12-4-13-25-35/h5,14-15,26-27,32-35H,1-4,6-13,16-25,28-31H2. The van der Waals surface area contributed by atoms with Gasteiger partial charge in [-0.1, -0.05) is 137 Å². The van der Waals surface area contributed by atoms with Crippen molar-refractivity contribution in [1.82, 2.24) is 0 Å². The van der Waals surface area contributed by atoms with E-state index in [4.69, 9.17) is 0 Å². The molecule has 1 aromatic rings. The Labute approximate surface area is 247 Å². The Morgan fingerprint density at radius 2 is 0.795 bits per heavy atom. The lowest BCUT2D eigenvalue weighted by atomic mass is 9.99. The van der Waals surface area contributed by atoms with Crippen LogP contribution in [-0.4, -0.2) is 43.8 Å². The summed E-state index contributed by atoms with van der Waals surface area (Å²) in [6.07, 6.45) is 37.5. The summed E-state index contributed by atoms with van der Waals surface area (Å²) in [6.45, 7) is 0. The van der Waals surface area contributed by atoms with Crippen molar-refractivity contribution in [1.29, 1.82) is 0 Å². The van der Waals surface area contributed by atoms with E-state index in [0.717, 1.165) is 22.6 Å². The van der Waals surface area contributed by atoms with Crippen molar-refractivity contribution in [2.75, 3.05) is 12.3 Å². The number of rotatable bonds is 13.